The quantitative estimate of drug-likeness (QED) is 0.698. The minimum atomic E-state index is -0.610. The Morgan fingerprint density at radius 3 is 2.73 bits per heavy atom. The zero-order chi connectivity index (χ0) is 8.43. The lowest BCUT2D eigenvalue weighted by Gasteiger charge is -2.05. The molecule has 0 unspecified atom stereocenters. The van der Waals surface area contributed by atoms with Crippen LogP contribution in [0.1, 0.15) is 24.4 Å². The summed E-state index contributed by atoms with van der Waals surface area (Å²) in [6, 6.07) is 0. The zero-order valence-corrected chi connectivity index (χ0v) is 7.13. The smallest absolute Gasteiger partial charge is 0.147 e. The van der Waals surface area contributed by atoms with Gasteiger partial charge in [-0.1, -0.05) is 11.6 Å². The highest BCUT2D eigenvalue weighted by Crippen LogP contribution is 2.14. The van der Waals surface area contributed by atoms with E-state index in [1.54, 1.807) is 13.8 Å². The molecule has 1 N–H and O–H groups in total. The van der Waals surface area contributed by atoms with Crippen molar-refractivity contribution in [1.29, 1.82) is 0 Å². The van der Waals surface area contributed by atoms with Gasteiger partial charge in [-0.3, -0.25) is 4.98 Å². The van der Waals surface area contributed by atoms with Gasteiger partial charge in [0.25, 0.3) is 0 Å². The minimum Gasteiger partial charge on any atom is -0.387 e. The molecule has 0 saturated carbocycles. The van der Waals surface area contributed by atoms with E-state index in [2.05, 4.69) is 9.97 Å². The van der Waals surface area contributed by atoms with Gasteiger partial charge < -0.3 is 5.11 Å². The lowest BCUT2D eigenvalue weighted by molar-refractivity contribution is 0.193. The first-order chi connectivity index (χ1) is 5.11. The fraction of sp³-hybridized carbons (Fsp3) is 0.429. The number of aryl methyl sites for hydroxylation is 1. The molecule has 11 heavy (non-hydrogen) atoms. The van der Waals surface area contributed by atoms with Crippen molar-refractivity contribution in [1.82, 2.24) is 9.97 Å². The van der Waals surface area contributed by atoms with E-state index in [-0.39, 0.29) is 0 Å². The maximum Gasteiger partial charge on any atom is 0.147 e. The van der Waals surface area contributed by atoms with Gasteiger partial charge in [-0.25, -0.2) is 4.98 Å². The van der Waals surface area contributed by atoms with Crippen LogP contribution in [0.25, 0.3) is 0 Å². The Bertz CT molecular complexity index is 263. The second-order valence-corrected chi connectivity index (χ2v) is 2.73. The Morgan fingerprint density at radius 2 is 2.27 bits per heavy atom. The summed E-state index contributed by atoms with van der Waals surface area (Å²) in [5.41, 5.74) is 1.25. The normalized spacial score (nSPS) is 13.1. The van der Waals surface area contributed by atoms with E-state index in [9.17, 15) is 0 Å². The Labute approximate surface area is 70.1 Å². The first-order valence-electron chi connectivity index (χ1n) is 3.28. The summed E-state index contributed by atoms with van der Waals surface area (Å²) in [7, 11) is 0. The summed E-state index contributed by atoms with van der Waals surface area (Å²) in [5.74, 6) is 0. The molecule has 1 rings (SSSR count). The van der Waals surface area contributed by atoms with Gasteiger partial charge in [0.2, 0.25) is 0 Å². The van der Waals surface area contributed by atoms with Crippen LogP contribution in [0.4, 0.5) is 0 Å². The Hall–Kier alpha value is -0.670. The fourth-order valence-electron chi connectivity index (χ4n) is 0.837. The molecular formula is C7H9ClN2O. The molecule has 3 nitrogen and oxygen atoms in total. The van der Waals surface area contributed by atoms with Crippen molar-refractivity contribution in [2.45, 2.75) is 20.0 Å². The second kappa shape index (κ2) is 3.15. The van der Waals surface area contributed by atoms with Crippen LogP contribution >= 0.6 is 11.6 Å². The predicted octanol–water partition coefficient (Wildman–Crippen LogP) is 1.49. The van der Waals surface area contributed by atoms with Crippen LogP contribution in [0.2, 0.25) is 5.15 Å². The van der Waals surface area contributed by atoms with Crippen molar-refractivity contribution in [3.8, 4) is 0 Å². The molecule has 1 heterocycles. The van der Waals surface area contributed by atoms with Crippen molar-refractivity contribution < 1.29 is 5.11 Å². The van der Waals surface area contributed by atoms with E-state index in [0.29, 0.717) is 16.5 Å². The van der Waals surface area contributed by atoms with E-state index in [0.717, 1.165) is 0 Å². The van der Waals surface area contributed by atoms with Crippen LogP contribution in [-0.4, -0.2) is 15.1 Å². The fourth-order valence-corrected chi connectivity index (χ4v) is 0.977. The molecule has 1 aromatic rings. The van der Waals surface area contributed by atoms with E-state index in [1.165, 1.54) is 6.20 Å². The third-order valence-electron chi connectivity index (χ3n) is 1.36. The SMILES string of the molecule is Cc1ncc(Cl)nc1[C@H](C)O. The summed E-state index contributed by atoms with van der Waals surface area (Å²) >= 11 is 5.58. The summed E-state index contributed by atoms with van der Waals surface area (Å²) in [4.78, 5) is 7.87. The average Bonchev–Trinajstić information content (AvgIpc) is 1.94. The van der Waals surface area contributed by atoms with E-state index >= 15 is 0 Å². The van der Waals surface area contributed by atoms with Crippen molar-refractivity contribution in [3.63, 3.8) is 0 Å². The molecule has 1 aromatic heterocycles. The third-order valence-corrected chi connectivity index (χ3v) is 1.54. The molecule has 0 aromatic carbocycles. The molecule has 0 radical (unpaired) electrons. The molecule has 0 spiro atoms. The topological polar surface area (TPSA) is 46.0 Å². The molecular weight excluding hydrogens is 164 g/mol. The molecule has 60 valence electrons. The number of hydrogen-bond donors (Lipinski definition) is 1. The van der Waals surface area contributed by atoms with Crippen LogP contribution in [0, 0.1) is 6.92 Å². The summed E-state index contributed by atoms with van der Waals surface area (Å²) in [6.07, 6.45) is 0.851. The minimum absolute atomic E-state index is 0.312. The summed E-state index contributed by atoms with van der Waals surface area (Å²) in [6.45, 7) is 3.42. The number of aliphatic hydroxyl groups is 1. The Kier molecular flexibility index (Phi) is 2.42. The first-order valence-corrected chi connectivity index (χ1v) is 3.66. The van der Waals surface area contributed by atoms with Gasteiger partial charge >= 0.3 is 0 Å². The molecule has 1 atom stereocenters. The van der Waals surface area contributed by atoms with Crippen LogP contribution in [0.3, 0.4) is 0 Å². The van der Waals surface area contributed by atoms with Crippen LogP contribution in [-0.2, 0) is 0 Å². The maximum absolute atomic E-state index is 9.17. The first kappa shape index (κ1) is 8.43. The van der Waals surface area contributed by atoms with Gasteiger partial charge in [0, 0.05) is 0 Å². The van der Waals surface area contributed by atoms with Gasteiger partial charge in [0.05, 0.1) is 23.7 Å². The maximum atomic E-state index is 9.17. The highest BCUT2D eigenvalue weighted by molar-refractivity contribution is 6.29. The summed E-state index contributed by atoms with van der Waals surface area (Å²) in [5, 5.41) is 9.48. The zero-order valence-electron chi connectivity index (χ0n) is 6.37. The number of rotatable bonds is 1. The van der Waals surface area contributed by atoms with Crippen molar-refractivity contribution in [3.05, 3.63) is 22.7 Å². The molecule has 0 saturated heterocycles. The van der Waals surface area contributed by atoms with E-state index in [4.69, 9.17) is 16.7 Å². The summed E-state index contributed by atoms with van der Waals surface area (Å²) < 4.78 is 0. The predicted molar refractivity (Wildman–Crippen MR) is 42.4 cm³/mol. The van der Waals surface area contributed by atoms with Gasteiger partial charge in [-0.15, -0.1) is 0 Å². The van der Waals surface area contributed by atoms with Crippen LogP contribution < -0.4 is 0 Å². The number of aromatic nitrogens is 2. The second-order valence-electron chi connectivity index (χ2n) is 2.34. The lowest BCUT2D eigenvalue weighted by Crippen LogP contribution is -2.01. The van der Waals surface area contributed by atoms with Crippen molar-refractivity contribution in [2.24, 2.45) is 0 Å². The molecule has 0 amide bonds. The van der Waals surface area contributed by atoms with Crippen molar-refractivity contribution >= 4 is 11.6 Å². The number of hydrogen-bond acceptors (Lipinski definition) is 3. The van der Waals surface area contributed by atoms with Crippen LogP contribution in [0.15, 0.2) is 6.20 Å². The number of nitrogens with zero attached hydrogens (tertiary/aromatic N) is 2. The average molecular weight is 173 g/mol. The highest BCUT2D eigenvalue weighted by Gasteiger charge is 2.07. The van der Waals surface area contributed by atoms with E-state index < -0.39 is 6.10 Å². The largest absolute Gasteiger partial charge is 0.387 e. The molecule has 0 fully saturated rings. The Morgan fingerprint density at radius 1 is 1.64 bits per heavy atom. The van der Waals surface area contributed by atoms with Gasteiger partial charge in [0.1, 0.15) is 5.15 Å². The molecule has 0 aliphatic carbocycles. The van der Waals surface area contributed by atoms with Crippen molar-refractivity contribution in [2.75, 3.05) is 0 Å². The molecule has 4 heteroatoms. The highest BCUT2D eigenvalue weighted by atomic mass is 35.5. The van der Waals surface area contributed by atoms with E-state index in [1.807, 2.05) is 0 Å². The monoisotopic (exact) mass is 172 g/mol. The molecule has 0 aliphatic heterocycles. The molecule has 0 bridgehead atoms. The number of halogens is 1. The lowest BCUT2D eigenvalue weighted by atomic mass is 10.2. The molecule has 0 aliphatic rings. The third kappa shape index (κ3) is 1.88. The number of aliphatic hydroxyl groups excluding tert-OH is 1. The standard InChI is InChI=1S/C7H9ClN2O/c1-4-7(5(2)11)10-6(8)3-9-4/h3,5,11H,1-2H3/t5-/m0/s1. The Balaban J connectivity index is 3.13. The van der Waals surface area contributed by atoms with Crippen LogP contribution in [0.5, 0.6) is 0 Å². The van der Waals surface area contributed by atoms with Gasteiger partial charge in [0.15, 0.2) is 0 Å². The van der Waals surface area contributed by atoms with Gasteiger partial charge in [-0.2, -0.15) is 0 Å². The van der Waals surface area contributed by atoms with Gasteiger partial charge in [-0.05, 0) is 13.8 Å².